The van der Waals surface area contributed by atoms with E-state index in [1.54, 1.807) is 7.11 Å². The molecule has 22 heavy (non-hydrogen) atoms. The summed E-state index contributed by atoms with van der Waals surface area (Å²) in [6.45, 7) is 3.67. The first-order valence-electron chi connectivity index (χ1n) is 7.34. The fourth-order valence-electron chi connectivity index (χ4n) is 2.53. The number of nitrogens with two attached hydrogens (primary N) is 1. The van der Waals surface area contributed by atoms with Gasteiger partial charge in [0.15, 0.2) is 0 Å². The van der Waals surface area contributed by atoms with Crippen LogP contribution in [0.4, 0.5) is 11.6 Å². The highest BCUT2D eigenvalue weighted by Gasteiger charge is 2.09. The van der Waals surface area contributed by atoms with Gasteiger partial charge in [0.25, 0.3) is 0 Å². The molecule has 0 spiro atoms. The number of benzene rings is 2. The molecule has 0 radical (unpaired) electrons. The maximum Gasteiger partial charge on any atom is 0.204 e. The number of aromatic nitrogens is 2. The molecule has 0 atom stereocenters. The second kappa shape index (κ2) is 5.97. The van der Waals surface area contributed by atoms with E-state index in [-0.39, 0.29) is 0 Å². The number of nitrogen functional groups attached to an aromatic ring is 1. The van der Waals surface area contributed by atoms with Crippen LogP contribution < -0.4 is 15.8 Å². The van der Waals surface area contributed by atoms with Gasteiger partial charge in [-0.3, -0.25) is 0 Å². The van der Waals surface area contributed by atoms with Gasteiger partial charge in [0.05, 0.1) is 18.1 Å². The van der Waals surface area contributed by atoms with Crippen LogP contribution in [0.25, 0.3) is 11.0 Å². The lowest BCUT2D eigenvalue weighted by Gasteiger charge is -2.09. The van der Waals surface area contributed by atoms with Crippen molar-refractivity contribution in [2.45, 2.75) is 20.0 Å². The SMILES string of the molecule is CCn1c(NCc2ccc(OC)cc2)nc2cc(N)ccc21. The topological polar surface area (TPSA) is 65.1 Å². The van der Waals surface area contributed by atoms with Crippen LogP contribution in [-0.2, 0) is 13.1 Å². The van der Waals surface area contributed by atoms with Gasteiger partial charge in [-0.15, -0.1) is 0 Å². The van der Waals surface area contributed by atoms with Crippen molar-refractivity contribution in [1.82, 2.24) is 9.55 Å². The molecule has 0 unspecified atom stereocenters. The molecule has 0 saturated carbocycles. The molecule has 0 bridgehead atoms. The van der Waals surface area contributed by atoms with E-state index >= 15 is 0 Å². The van der Waals surface area contributed by atoms with Crippen LogP contribution in [0, 0.1) is 0 Å². The maximum absolute atomic E-state index is 5.84. The number of ether oxygens (including phenoxy) is 1. The number of nitrogens with one attached hydrogen (secondary N) is 1. The van der Waals surface area contributed by atoms with Crippen molar-refractivity contribution >= 4 is 22.7 Å². The summed E-state index contributed by atoms with van der Waals surface area (Å²) in [4.78, 5) is 4.64. The smallest absolute Gasteiger partial charge is 0.204 e. The Kier molecular flexibility index (Phi) is 3.87. The summed E-state index contributed by atoms with van der Waals surface area (Å²) in [5.41, 5.74) is 9.75. The van der Waals surface area contributed by atoms with Crippen molar-refractivity contribution in [3.05, 3.63) is 48.0 Å². The highest BCUT2D eigenvalue weighted by Crippen LogP contribution is 2.22. The molecule has 1 aromatic heterocycles. The van der Waals surface area contributed by atoms with E-state index in [1.165, 1.54) is 5.56 Å². The summed E-state index contributed by atoms with van der Waals surface area (Å²) in [7, 11) is 1.67. The van der Waals surface area contributed by atoms with Crippen LogP contribution in [0.2, 0.25) is 0 Å². The summed E-state index contributed by atoms with van der Waals surface area (Å²) < 4.78 is 7.32. The average Bonchev–Trinajstić information content (AvgIpc) is 2.89. The molecule has 5 nitrogen and oxygen atoms in total. The fourth-order valence-corrected chi connectivity index (χ4v) is 2.53. The molecule has 3 rings (SSSR count). The second-order valence-corrected chi connectivity index (χ2v) is 5.13. The molecule has 5 heteroatoms. The van der Waals surface area contributed by atoms with Gasteiger partial charge in [0.2, 0.25) is 5.95 Å². The Morgan fingerprint density at radius 2 is 1.95 bits per heavy atom. The van der Waals surface area contributed by atoms with E-state index < -0.39 is 0 Å². The van der Waals surface area contributed by atoms with Gasteiger partial charge >= 0.3 is 0 Å². The van der Waals surface area contributed by atoms with Gasteiger partial charge < -0.3 is 20.4 Å². The molecule has 1 heterocycles. The number of nitrogens with zero attached hydrogens (tertiary/aromatic N) is 2. The predicted octanol–water partition coefficient (Wildman–Crippen LogP) is 3.26. The minimum absolute atomic E-state index is 0.711. The van der Waals surface area contributed by atoms with Gasteiger partial charge in [-0.05, 0) is 42.8 Å². The number of methoxy groups -OCH3 is 1. The van der Waals surface area contributed by atoms with Crippen LogP contribution in [-0.4, -0.2) is 16.7 Å². The Morgan fingerprint density at radius 1 is 1.18 bits per heavy atom. The van der Waals surface area contributed by atoms with Gasteiger partial charge in [0, 0.05) is 18.8 Å². The quantitative estimate of drug-likeness (QED) is 0.709. The molecular formula is C17H20N4O. The molecule has 0 saturated heterocycles. The number of anilines is 2. The molecule has 3 N–H and O–H groups in total. The Labute approximate surface area is 129 Å². The monoisotopic (exact) mass is 296 g/mol. The summed E-state index contributed by atoms with van der Waals surface area (Å²) in [6.07, 6.45) is 0. The molecule has 114 valence electrons. The van der Waals surface area contributed by atoms with Crippen molar-refractivity contribution in [2.24, 2.45) is 0 Å². The van der Waals surface area contributed by atoms with Crippen molar-refractivity contribution in [3.8, 4) is 5.75 Å². The van der Waals surface area contributed by atoms with Gasteiger partial charge in [-0.2, -0.15) is 0 Å². The number of hydrogen-bond acceptors (Lipinski definition) is 4. The molecule has 0 amide bonds. The van der Waals surface area contributed by atoms with Crippen LogP contribution in [0.15, 0.2) is 42.5 Å². The van der Waals surface area contributed by atoms with Crippen LogP contribution in [0.3, 0.4) is 0 Å². The molecule has 0 aliphatic carbocycles. The van der Waals surface area contributed by atoms with Crippen LogP contribution >= 0.6 is 0 Å². The predicted molar refractivity (Wildman–Crippen MR) is 90.1 cm³/mol. The summed E-state index contributed by atoms with van der Waals surface area (Å²) in [6, 6.07) is 13.8. The fraction of sp³-hybridized carbons (Fsp3) is 0.235. The number of rotatable bonds is 5. The van der Waals surface area contributed by atoms with Crippen molar-refractivity contribution < 1.29 is 4.74 Å². The average molecular weight is 296 g/mol. The number of aryl methyl sites for hydroxylation is 1. The largest absolute Gasteiger partial charge is 0.497 e. The molecular weight excluding hydrogens is 276 g/mol. The minimum atomic E-state index is 0.711. The summed E-state index contributed by atoms with van der Waals surface area (Å²) in [5.74, 6) is 1.72. The molecule has 0 aliphatic heterocycles. The lowest BCUT2D eigenvalue weighted by Crippen LogP contribution is -2.06. The Bertz CT molecular complexity index is 777. The molecule has 0 fully saturated rings. The standard InChI is InChI=1S/C17H20N4O/c1-3-21-16-9-6-13(18)10-15(16)20-17(21)19-11-12-4-7-14(22-2)8-5-12/h4-10H,3,11,18H2,1-2H3,(H,19,20). The van der Waals surface area contributed by atoms with Crippen LogP contribution in [0.5, 0.6) is 5.75 Å². The van der Waals surface area contributed by atoms with E-state index in [1.807, 2.05) is 42.5 Å². The van der Waals surface area contributed by atoms with E-state index in [2.05, 4.69) is 21.8 Å². The highest BCUT2D eigenvalue weighted by atomic mass is 16.5. The zero-order valence-electron chi connectivity index (χ0n) is 12.8. The number of imidazole rings is 1. The maximum atomic E-state index is 5.84. The van der Waals surface area contributed by atoms with E-state index in [0.29, 0.717) is 6.54 Å². The summed E-state index contributed by atoms with van der Waals surface area (Å²) >= 11 is 0. The molecule has 0 aliphatic rings. The lowest BCUT2D eigenvalue weighted by atomic mass is 10.2. The van der Waals surface area contributed by atoms with Crippen LogP contribution in [0.1, 0.15) is 12.5 Å². The van der Waals surface area contributed by atoms with Crippen molar-refractivity contribution in [1.29, 1.82) is 0 Å². The Balaban J connectivity index is 1.83. The number of fused-ring (bicyclic) bond motifs is 1. The zero-order chi connectivity index (χ0) is 15.5. The summed E-state index contributed by atoms with van der Waals surface area (Å²) in [5, 5.41) is 3.40. The zero-order valence-corrected chi connectivity index (χ0v) is 12.8. The third kappa shape index (κ3) is 2.70. The van der Waals surface area contributed by atoms with Crippen molar-refractivity contribution in [2.75, 3.05) is 18.2 Å². The Morgan fingerprint density at radius 3 is 2.64 bits per heavy atom. The van der Waals surface area contributed by atoms with E-state index in [9.17, 15) is 0 Å². The normalized spacial score (nSPS) is 10.8. The van der Waals surface area contributed by atoms with E-state index in [4.69, 9.17) is 10.5 Å². The van der Waals surface area contributed by atoms with E-state index in [0.717, 1.165) is 35.0 Å². The van der Waals surface area contributed by atoms with Gasteiger partial charge in [0.1, 0.15) is 5.75 Å². The molecule has 3 aromatic rings. The first-order valence-corrected chi connectivity index (χ1v) is 7.34. The first kappa shape index (κ1) is 14.3. The Hall–Kier alpha value is -2.69. The number of hydrogen-bond donors (Lipinski definition) is 2. The first-order chi connectivity index (χ1) is 10.7. The van der Waals surface area contributed by atoms with Gasteiger partial charge in [-0.25, -0.2) is 4.98 Å². The second-order valence-electron chi connectivity index (χ2n) is 5.13. The minimum Gasteiger partial charge on any atom is -0.497 e. The van der Waals surface area contributed by atoms with Crippen molar-refractivity contribution in [3.63, 3.8) is 0 Å². The third-order valence-corrected chi connectivity index (χ3v) is 3.70. The van der Waals surface area contributed by atoms with Gasteiger partial charge in [-0.1, -0.05) is 12.1 Å². The highest BCUT2D eigenvalue weighted by molar-refractivity contribution is 5.81. The lowest BCUT2D eigenvalue weighted by molar-refractivity contribution is 0.414. The third-order valence-electron chi connectivity index (χ3n) is 3.70. The molecule has 2 aromatic carbocycles.